The quantitative estimate of drug-likeness (QED) is 0.859. The molecule has 0 amide bonds. The molecule has 0 aliphatic carbocycles. The van der Waals surface area contributed by atoms with Gasteiger partial charge in [0.15, 0.2) is 5.78 Å². The van der Waals surface area contributed by atoms with Gasteiger partial charge in [-0.3, -0.25) is 9.69 Å². The van der Waals surface area contributed by atoms with Crippen molar-refractivity contribution < 1.29 is 9.90 Å². The maximum atomic E-state index is 12.6. The third kappa shape index (κ3) is 3.47. The lowest BCUT2D eigenvalue weighted by atomic mass is 9.82. The van der Waals surface area contributed by atoms with Crippen LogP contribution in [0.4, 0.5) is 0 Å². The van der Waals surface area contributed by atoms with E-state index in [1.54, 1.807) is 0 Å². The first-order valence-corrected chi connectivity index (χ1v) is 7.40. The Morgan fingerprint density at radius 2 is 2.00 bits per heavy atom. The van der Waals surface area contributed by atoms with E-state index in [-0.39, 0.29) is 11.9 Å². The lowest BCUT2D eigenvalue weighted by Gasteiger charge is -2.38. The number of aliphatic hydroxyl groups is 1. The molecule has 110 valence electrons. The van der Waals surface area contributed by atoms with Gasteiger partial charge in [0.25, 0.3) is 0 Å². The van der Waals surface area contributed by atoms with Crippen LogP contribution in [0.5, 0.6) is 0 Å². The van der Waals surface area contributed by atoms with Crippen LogP contribution in [-0.2, 0) is 0 Å². The Labute approximate surface area is 121 Å². The highest BCUT2D eigenvalue weighted by atomic mass is 16.3. The standard InChI is InChI=1S/C17H25NO2/c1-13-9-10-18(11-15(13)19)12-17(2,3)16(20)14-7-5-4-6-8-14/h4-8,13,15,19H,9-12H2,1-3H3. The molecule has 2 unspecified atom stereocenters. The topological polar surface area (TPSA) is 40.5 Å². The Kier molecular flexibility index (Phi) is 4.61. The van der Waals surface area contributed by atoms with Crippen LogP contribution < -0.4 is 0 Å². The Bertz CT molecular complexity index is 455. The van der Waals surface area contributed by atoms with Crippen molar-refractivity contribution in [1.82, 2.24) is 4.90 Å². The first-order valence-electron chi connectivity index (χ1n) is 7.40. The number of nitrogens with zero attached hydrogens (tertiary/aromatic N) is 1. The lowest BCUT2D eigenvalue weighted by molar-refractivity contribution is 0.0150. The van der Waals surface area contributed by atoms with Crippen LogP contribution in [0.3, 0.4) is 0 Å². The lowest BCUT2D eigenvalue weighted by Crippen LogP contribution is -2.48. The number of hydrogen-bond donors (Lipinski definition) is 1. The molecular formula is C17H25NO2. The molecular weight excluding hydrogens is 250 g/mol. The molecule has 0 aromatic heterocycles. The fraction of sp³-hybridized carbons (Fsp3) is 0.588. The molecule has 3 nitrogen and oxygen atoms in total. The highest BCUT2D eigenvalue weighted by Crippen LogP contribution is 2.26. The zero-order valence-corrected chi connectivity index (χ0v) is 12.7. The summed E-state index contributed by atoms with van der Waals surface area (Å²) in [6.07, 6.45) is 0.725. The van der Waals surface area contributed by atoms with Crippen molar-refractivity contribution in [3.63, 3.8) is 0 Å². The number of carbonyl (C=O) groups is 1. The summed E-state index contributed by atoms with van der Waals surface area (Å²) in [5, 5.41) is 9.97. The van der Waals surface area contributed by atoms with Crippen molar-refractivity contribution in [2.45, 2.75) is 33.3 Å². The molecule has 1 aliphatic heterocycles. The Balaban J connectivity index is 2.02. The summed E-state index contributed by atoms with van der Waals surface area (Å²) in [4.78, 5) is 14.8. The highest BCUT2D eigenvalue weighted by molar-refractivity contribution is 6.00. The van der Waals surface area contributed by atoms with Gasteiger partial charge in [-0.15, -0.1) is 0 Å². The molecule has 1 aromatic carbocycles. The number of hydrogen-bond acceptors (Lipinski definition) is 3. The molecule has 0 radical (unpaired) electrons. The molecule has 0 spiro atoms. The third-order valence-electron chi connectivity index (χ3n) is 4.27. The summed E-state index contributed by atoms with van der Waals surface area (Å²) in [5.41, 5.74) is 0.338. The summed E-state index contributed by atoms with van der Waals surface area (Å²) in [6.45, 7) is 8.41. The molecule has 0 bridgehead atoms. The van der Waals surface area contributed by atoms with Gasteiger partial charge >= 0.3 is 0 Å². The molecule has 1 fully saturated rings. The number of rotatable bonds is 4. The van der Waals surface area contributed by atoms with Crippen LogP contribution in [0.1, 0.15) is 37.6 Å². The Morgan fingerprint density at radius 3 is 2.60 bits per heavy atom. The van der Waals surface area contributed by atoms with Crippen molar-refractivity contribution in [3.05, 3.63) is 35.9 Å². The predicted octanol–water partition coefficient (Wildman–Crippen LogP) is 2.60. The molecule has 1 aromatic rings. The van der Waals surface area contributed by atoms with Crippen molar-refractivity contribution in [3.8, 4) is 0 Å². The second-order valence-electron chi connectivity index (χ2n) is 6.65. The minimum absolute atomic E-state index is 0.172. The molecule has 2 rings (SSSR count). The molecule has 1 aliphatic rings. The number of β-amino-alcohol motifs (C(OH)–C–C–N with tert-alkyl or cyclic N) is 1. The summed E-state index contributed by atoms with van der Waals surface area (Å²) in [7, 11) is 0. The van der Waals surface area contributed by atoms with Gasteiger partial charge < -0.3 is 5.11 Å². The van der Waals surface area contributed by atoms with Crippen LogP contribution in [-0.4, -0.2) is 41.5 Å². The van der Waals surface area contributed by atoms with Gasteiger partial charge in [0.05, 0.1) is 6.10 Å². The zero-order chi connectivity index (χ0) is 14.8. The maximum absolute atomic E-state index is 12.6. The Morgan fingerprint density at radius 1 is 1.35 bits per heavy atom. The Hall–Kier alpha value is -1.19. The van der Waals surface area contributed by atoms with Crippen LogP contribution in [0, 0.1) is 11.3 Å². The molecule has 0 saturated carbocycles. The van der Waals surface area contributed by atoms with Crippen LogP contribution >= 0.6 is 0 Å². The number of piperidine rings is 1. The van der Waals surface area contributed by atoms with Gasteiger partial charge in [-0.1, -0.05) is 51.1 Å². The van der Waals surface area contributed by atoms with Gasteiger partial charge in [0.1, 0.15) is 0 Å². The smallest absolute Gasteiger partial charge is 0.169 e. The predicted molar refractivity (Wildman–Crippen MR) is 80.8 cm³/mol. The molecule has 1 heterocycles. The van der Waals surface area contributed by atoms with Crippen molar-refractivity contribution in [2.24, 2.45) is 11.3 Å². The summed E-state index contributed by atoms with van der Waals surface area (Å²) in [5.74, 6) is 0.533. The number of Topliss-reactive ketones (excluding diaryl/α,β-unsaturated/α-hetero) is 1. The SMILES string of the molecule is CC1CCN(CC(C)(C)C(=O)c2ccccc2)CC1O. The van der Waals surface area contributed by atoms with Gasteiger partial charge in [-0.2, -0.15) is 0 Å². The van der Waals surface area contributed by atoms with E-state index in [0.717, 1.165) is 18.5 Å². The van der Waals surface area contributed by atoms with E-state index in [2.05, 4.69) is 11.8 Å². The number of aliphatic hydroxyl groups excluding tert-OH is 1. The zero-order valence-electron chi connectivity index (χ0n) is 12.7. The molecule has 3 heteroatoms. The summed E-state index contributed by atoms with van der Waals surface area (Å²) in [6, 6.07) is 9.46. The largest absolute Gasteiger partial charge is 0.392 e. The average molecular weight is 275 g/mol. The van der Waals surface area contributed by atoms with Crippen LogP contribution in [0.15, 0.2) is 30.3 Å². The van der Waals surface area contributed by atoms with Gasteiger partial charge in [0.2, 0.25) is 0 Å². The van der Waals surface area contributed by atoms with Crippen LogP contribution in [0.25, 0.3) is 0 Å². The maximum Gasteiger partial charge on any atom is 0.169 e. The van der Waals surface area contributed by atoms with Gasteiger partial charge in [-0.25, -0.2) is 0 Å². The van der Waals surface area contributed by atoms with Crippen molar-refractivity contribution in [1.29, 1.82) is 0 Å². The third-order valence-corrected chi connectivity index (χ3v) is 4.27. The van der Waals surface area contributed by atoms with E-state index in [4.69, 9.17) is 0 Å². The average Bonchev–Trinajstić information content (AvgIpc) is 2.43. The second kappa shape index (κ2) is 6.06. The fourth-order valence-electron chi connectivity index (χ4n) is 2.87. The van der Waals surface area contributed by atoms with Gasteiger partial charge in [-0.05, 0) is 18.9 Å². The van der Waals surface area contributed by atoms with Crippen LogP contribution in [0.2, 0.25) is 0 Å². The van der Waals surface area contributed by atoms with E-state index in [9.17, 15) is 9.90 Å². The van der Waals surface area contributed by atoms with E-state index in [0.29, 0.717) is 19.0 Å². The van der Waals surface area contributed by atoms with E-state index >= 15 is 0 Å². The fourth-order valence-corrected chi connectivity index (χ4v) is 2.87. The first-order chi connectivity index (χ1) is 9.40. The minimum Gasteiger partial charge on any atom is -0.392 e. The number of carbonyl (C=O) groups excluding carboxylic acids is 1. The number of ketones is 1. The normalized spacial score (nSPS) is 24.6. The van der Waals surface area contributed by atoms with Gasteiger partial charge in [0, 0.05) is 24.1 Å². The van der Waals surface area contributed by atoms with E-state index in [1.165, 1.54) is 0 Å². The number of likely N-dealkylation sites (tertiary alicyclic amines) is 1. The minimum atomic E-state index is -0.429. The molecule has 20 heavy (non-hydrogen) atoms. The second-order valence-corrected chi connectivity index (χ2v) is 6.65. The van der Waals surface area contributed by atoms with E-state index < -0.39 is 5.41 Å². The van der Waals surface area contributed by atoms with E-state index in [1.807, 2.05) is 44.2 Å². The monoisotopic (exact) mass is 275 g/mol. The molecule has 1 saturated heterocycles. The molecule has 2 atom stereocenters. The summed E-state index contributed by atoms with van der Waals surface area (Å²) < 4.78 is 0. The first kappa shape index (κ1) is 15.2. The van der Waals surface area contributed by atoms with Crippen molar-refractivity contribution in [2.75, 3.05) is 19.6 Å². The van der Waals surface area contributed by atoms with Crippen molar-refractivity contribution >= 4 is 5.78 Å². The summed E-state index contributed by atoms with van der Waals surface area (Å²) >= 11 is 0. The number of benzene rings is 1. The molecule has 1 N–H and O–H groups in total. The highest BCUT2D eigenvalue weighted by Gasteiger charge is 2.33.